The van der Waals surface area contributed by atoms with Gasteiger partial charge in [-0.25, -0.2) is 0 Å². The van der Waals surface area contributed by atoms with E-state index in [0.717, 1.165) is 27.9 Å². The summed E-state index contributed by atoms with van der Waals surface area (Å²) >= 11 is 0. The number of carbonyl (C=O) groups excluding carboxylic acids is 1. The molecule has 2 aromatic rings. The molecule has 1 amide bonds. The van der Waals surface area contributed by atoms with Crippen LogP contribution >= 0.6 is 0 Å². The molecule has 21 heavy (non-hydrogen) atoms. The zero-order valence-corrected chi connectivity index (χ0v) is 12.5. The van der Waals surface area contributed by atoms with E-state index in [1.54, 1.807) is 0 Å². The SMILES string of the molecule is Cc1cc(C(O)c2ccccc2)c2c(c1)C(C)(C)C(=O)N2. The van der Waals surface area contributed by atoms with Gasteiger partial charge in [-0.2, -0.15) is 0 Å². The fourth-order valence-electron chi connectivity index (χ4n) is 2.87. The zero-order chi connectivity index (χ0) is 15.2. The van der Waals surface area contributed by atoms with Gasteiger partial charge in [-0.15, -0.1) is 0 Å². The number of aryl methyl sites for hydroxylation is 1. The Morgan fingerprint density at radius 2 is 1.81 bits per heavy atom. The highest BCUT2D eigenvalue weighted by atomic mass is 16.3. The molecule has 1 unspecified atom stereocenters. The van der Waals surface area contributed by atoms with Crippen molar-refractivity contribution in [3.8, 4) is 0 Å². The second-order valence-electron chi connectivity index (χ2n) is 6.17. The lowest BCUT2D eigenvalue weighted by Crippen LogP contribution is -2.26. The highest BCUT2D eigenvalue weighted by Gasteiger charge is 2.40. The molecule has 2 aromatic carbocycles. The van der Waals surface area contributed by atoms with Gasteiger partial charge in [0.25, 0.3) is 0 Å². The largest absolute Gasteiger partial charge is 0.384 e. The highest BCUT2D eigenvalue weighted by Crippen LogP contribution is 2.43. The van der Waals surface area contributed by atoms with E-state index >= 15 is 0 Å². The average molecular weight is 281 g/mol. The molecule has 0 spiro atoms. The Kier molecular flexibility index (Phi) is 3.10. The van der Waals surface area contributed by atoms with Crippen molar-refractivity contribution in [1.29, 1.82) is 0 Å². The Balaban J connectivity index is 2.16. The first-order valence-electron chi connectivity index (χ1n) is 7.11. The van der Waals surface area contributed by atoms with Crippen LogP contribution in [0.1, 0.15) is 42.2 Å². The fourth-order valence-corrected chi connectivity index (χ4v) is 2.87. The van der Waals surface area contributed by atoms with E-state index in [-0.39, 0.29) is 5.91 Å². The number of aliphatic hydroxyl groups is 1. The van der Waals surface area contributed by atoms with Crippen LogP contribution in [0.4, 0.5) is 5.69 Å². The Labute approximate surface area is 124 Å². The van der Waals surface area contributed by atoms with E-state index in [1.807, 2.05) is 63.2 Å². The van der Waals surface area contributed by atoms with Crippen LogP contribution in [-0.2, 0) is 10.2 Å². The van der Waals surface area contributed by atoms with Crippen molar-refractivity contribution in [2.45, 2.75) is 32.3 Å². The quantitative estimate of drug-likeness (QED) is 0.887. The third kappa shape index (κ3) is 2.14. The Morgan fingerprint density at radius 3 is 2.48 bits per heavy atom. The summed E-state index contributed by atoms with van der Waals surface area (Å²) in [4.78, 5) is 12.2. The summed E-state index contributed by atoms with van der Waals surface area (Å²) in [6.07, 6.45) is -0.742. The summed E-state index contributed by atoms with van der Waals surface area (Å²) in [7, 11) is 0. The smallest absolute Gasteiger partial charge is 0.234 e. The lowest BCUT2D eigenvalue weighted by molar-refractivity contribution is -0.119. The highest BCUT2D eigenvalue weighted by molar-refractivity contribution is 6.06. The van der Waals surface area contributed by atoms with Crippen LogP contribution in [0.5, 0.6) is 0 Å². The van der Waals surface area contributed by atoms with E-state index in [4.69, 9.17) is 0 Å². The third-order valence-electron chi connectivity index (χ3n) is 4.20. The van der Waals surface area contributed by atoms with E-state index in [0.29, 0.717) is 0 Å². The fraction of sp³-hybridized carbons (Fsp3) is 0.278. The minimum Gasteiger partial charge on any atom is -0.384 e. The molecule has 0 bridgehead atoms. The number of hydrogen-bond acceptors (Lipinski definition) is 2. The number of benzene rings is 2. The van der Waals surface area contributed by atoms with Crippen LogP contribution in [0.25, 0.3) is 0 Å². The first-order chi connectivity index (χ1) is 9.91. The van der Waals surface area contributed by atoms with Crippen LogP contribution in [0.3, 0.4) is 0 Å². The third-order valence-corrected chi connectivity index (χ3v) is 4.20. The molecule has 0 saturated carbocycles. The Bertz CT molecular complexity index is 705. The van der Waals surface area contributed by atoms with Crippen LogP contribution in [0.2, 0.25) is 0 Å². The van der Waals surface area contributed by atoms with E-state index in [2.05, 4.69) is 5.32 Å². The molecular formula is C18H19NO2. The van der Waals surface area contributed by atoms with Crippen molar-refractivity contribution < 1.29 is 9.90 Å². The second-order valence-corrected chi connectivity index (χ2v) is 6.17. The predicted octanol–water partition coefficient (Wildman–Crippen LogP) is 3.31. The van der Waals surface area contributed by atoms with Crippen LogP contribution in [0.15, 0.2) is 42.5 Å². The van der Waals surface area contributed by atoms with Gasteiger partial charge < -0.3 is 10.4 Å². The molecule has 0 aromatic heterocycles. The van der Waals surface area contributed by atoms with E-state index in [1.165, 1.54) is 0 Å². The van der Waals surface area contributed by atoms with E-state index < -0.39 is 11.5 Å². The number of rotatable bonds is 2. The van der Waals surface area contributed by atoms with Gasteiger partial charge in [-0.1, -0.05) is 48.0 Å². The van der Waals surface area contributed by atoms with Crippen LogP contribution in [0, 0.1) is 6.92 Å². The van der Waals surface area contributed by atoms with Gasteiger partial charge in [-0.3, -0.25) is 4.79 Å². The van der Waals surface area contributed by atoms with Gasteiger partial charge in [-0.05, 0) is 31.9 Å². The maximum absolute atomic E-state index is 12.2. The minimum atomic E-state index is -0.742. The summed E-state index contributed by atoms with van der Waals surface area (Å²) in [6, 6.07) is 13.5. The van der Waals surface area contributed by atoms with Gasteiger partial charge in [0.15, 0.2) is 0 Å². The van der Waals surface area contributed by atoms with Gasteiger partial charge in [0, 0.05) is 5.56 Å². The molecule has 3 nitrogen and oxygen atoms in total. The molecule has 2 N–H and O–H groups in total. The molecule has 3 rings (SSSR count). The summed E-state index contributed by atoms with van der Waals surface area (Å²) in [5.41, 5.74) is 3.78. The standard InChI is InChI=1S/C18H19NO2/c1-11-9-13(16(20)12-7-5-4-6-8-12)15-14(10-11)18(2,3)17(21)19-15/h4-10,16,20H,1-3H3,(H,19,21). The first-order valence-corrected chi connectivity index (χ1v) is 7.11. The average Bonchev–Trinajstić information content (AvgIpc) is 2.69. The lowest BCUT2D eigenvalue weighted by atomic mass is 9.83. The van der Waals surface area contributed by atoms with Crippen molar-refractivity contribution in [2.24, 2.45) is 0 Å². The number of anilines is 1. The first kappa shape index (κ1) is 13.8. The maximum Gasteiger partial charge on any atom is 0.234 e. The topological polar surface area (TPSA) is 49.3 Å². The number of aliphatic hydroxyl groups excluding tert-OH is 1. The van der Waals surface area contributed by atoms with Crippen molar-refractivity contribution in [2.75, 3.05) is 5.32 Å². The molecule has 0 fully saturated rings. The second kappa shape index (κ2) is 4.71. The predicted molar refractivity (Wildman–Crippen MR) is 83.3 cm³/mol. The number of amides is 1. The van der Waals surface area contributed by atoms with Crippen molar-refractivity contribution in [3.05, 3.63) is 64.7 Å². The summed E-state index contributed by atoms with van der Waals surface area (Å²) in [5, 5.41) is 13.6. The number of fused-ring (bicyclic) bond motifs is 1. The van der Waals surface area contributed by atoms with Crippen molar-refractivity contribution in [1.82, 2.24) is 0 Å². The molecule has 108 valence electrons. The molecule has 1 aliphatic rings. The zero-order valence-electron chi connectivity index (χ0n) is 12.5. The molecule has 0 radical (unpaired) electrons. The molecular weight excluding hydrogens is 262 g/mol. The van der Waals surface area contributed by atoms with Crippen LogP contribution in [-0.4, -0.2) is 11.0 Å². The maximum atomic E-state index is 12.2. The van der Waals surface area contributed by atoms with Crippen molar-refractivity contribution >= 4 is 11.6 Å². The lowest BCUT2D eigenvalue weighted by Gasteiger charge is -2.19. The number of nitrogens with one attached hydrogen (secondary N) is 1. The number of carbonyl (C=O) groups is 1. The molecule has 1 heterocycles. The normalized spacial score (nSPS) is 17.2. The Hall–Kier alpha value is -2.13. The molecule has 0 saturated heterocycles. The van der Waals surface area contributed by atoms with Gasteiger partial charge >= 0.3 is 0 Å². The summed E-state index contributed by atoms with van der Waals surface area (Å²) in [5.74, 6) is -0.0235. The molecule has 0 aliphatic carbocycles. The van der Waals surface area contributed by atoms with Crippen molar-refractivity contribution in [3.63, 3.8) is 0 Å². The van der Waals surface area contributed by atoms with E-state index in [9.17, 15) is 9.90 Å². The molecule has 1 aliphatic heterocycles. The van der Waals surface area contributed by atoms with Gasteiger partial charge in [0.05, 0.1) is 11.1 Å². The van der Waals surface area contributed by atoms with Crippen LogP contribution < -0.4 is 5.32 Å². The van der Waals surface area contributed by atoms with Gasteiger partial charge in [0.2, 0.25) is 5.91 Å². The molecule has 3 heteroatoms. The summed E-state index contributed by atoms with van der Waals surface area (Å²) < 4.78 is 0. The Morgan fingerprint density at radius 1 is 1.14 bits per heavy atom. The van der Waals surface area contributed by atoms with Gasteiger partial charge in [0.1, 0.15) is 6.10 Å². The molecule has 1 atom stereocenters. The monoisotopic (exact) mass is 281 g/mol. The summed E-state index contributed by atoms with van der Waals surface area (Å²) in [6.45, 7) is 5.80. The minimum absolute atomic E-state index is 0.0235. The number of hydrogen-bond donors (Lipinski definition) is 2.